The van der Waals surface area contributed by atoms with Crippen molar-refractivity contribution in [2.75, 3.05) is 20.1 Å². The van der Waals surface area contributed by atoms with E-state index in [4.69, 9.17) is 0 Å². The number of likely N-dealkylation sites (tertiary alicyclic amines) is 1. The van der Waals surface area contributed by atoms with Crippen LogP contribution in [0, 0.1) is 12.3 Å². The van der Waals surface area contributed by atoms with E-state index in [9.17, 15) is 13.2 Å². The molecule has 1 aliphatic rings. The molecule has 1 saturated heterocycles. The summed E-state index contributed by atoms with van der Waals surface area (Å²) >= 11 is 0. The molecule has 1 nitrogen and oxygen atoms in total. The normalized spacial score (nSPS) is 28.9. The largest absolute Gasteiger partial charge is 0.393 e. The van der Waals surface area contributed by atoms with Crippen molar-refractivity contribution < 1.29 is 13.2 Å². The van der Waals surface area contributed by atoms with E-state index in [-0.39, 0.29) is 6.54 Å². The van der Waals surface area contributed by atoms with Crippen molar-refractivity contribution in [1.82, 2.24) is 4.90 Å². The fraction of sp³-hybridized carbons (Fsp3) is 0.857. The molecule has 1 radical (unpaired) electrons. The summed E-state index contributed by atoms with van der Waals surface area (Å²) in [5.41, 5.74) is 0. The minimum atomic E-state index is -4.05. The van der Waals surface area contributed by atoms with Crippen LogP contribution in [0.25, 0.3) is 0 Å². The average molecular weight is 166 g/mol. The van der Waals surface area contributed by atoms with Crippen molar-refractivity contribution in [1.29, 1.82) is 0 Å². The first-order chi connectivity index (χ1) is 5.00. The number of halogens is 3. The van der Waals surface area contributed by atoms with Crippen molar-refractivity contribution in [3.8, 4) is 0 Å². The van der Waals surface area contributed by atoms with E-state index in [2.05, 4.69) is 0 Å². The third-order valence-electron chi connectivity index (χ3n) is 1.89. The lowest BCUT2D eigenvalue weighted by Crippen LogP contribution is -2.39. The Morgan fingerprint density at radius 1 is 1.45 bits per heavy atom. The molecule has 1 unspecified atom stereocenters. The van der Waals surface area contributed by atoms with Crippen molar-refractivity contribution >= 4 is 0 Å². The van der Waals surface area contributed by atoms with Gasteiger partial charge in [-0.05, 0) is 26.4 Å². The van der Waals surface area contributed by atoms with Gasteiger partial charge in [0.05, 0.1) is 5.92 Å². The Kier molecular flexibility index (Phi) is 2.42. The maximum atomic E-state index is 12.1. The highest BCUT2D eigenvalue weighted by atomic mass is 19.4. The molecule has 0 aromatic carbocycles. The van der Waals surface area contributed by atoms with Gasteiger partial charge in [-0.15, -0.1) is 0 Å². The molecule has 1 aliphatic heterocycles. The topological polar surface area (TPSA) is 3.24 Å². The summed E-state index contributed by atoms with van der Waals surface area (Å²) in [6, 6.07) is 0. The fourth-order valence-corrected chi connectivity index (χ4v) is 1.23. The summed E-state index contributed by atoms with van der Waals surface area (Å²) in [7, 11) is 1.71. The lowest BCUT2D eigenvalue weighted by Gasteiger charge is -2.30. The van der Waals surface area contributed by atoms with Crippen LogP contribution in [0.5, 0.6) is 0 Å². The van der Waals surface area contributed by atoms with Crippen LogP contribution in [0.4, 0.5) is 13.2 Å². The molecule has 0 N–H and O–H groups in total. The molecule has 0 spiro atoms. The molecule has 0 amide bonds. The quantitative estimate of drug-likeness (QED) is 0.529. The standard InChI is InChI=1S/C7H11F3N/c1-11-4-2-3-6(5-11)7(8,9)10/h3,6H,2,4-5H2,1H3. The van der Waals surface area contributed by atoms with Gasteiger partial charge in [-0.3, -0.25) is 0 Å². The second-order valence-corrected chi connectivity index (χ2v) is 2.93. The molecule has 1 rings (SSSR count). The van der Waals surface area contributed by atoms with E-state index in [0.717, 1.165) is 6.54 Å². The number of alkyl halides is 3. The van der Waals surface area contributed by atoms with E-state index in [1.54, 1.807) is 11.9 Å². The first-order valence-electron chi connectivity index (χ1n) is 3.59. The van der Waals surface area contributed by atoms with Crippen LogP contribution in [0.3, 0.4) is 0 Å². The predicted molar refractivity (Wildman–Crippen MR) is 36.0 cm³/mol. The second kappa shape index (κ2) is 3.01. The summed E-state index contributed by atoms with van der Waals surface area (Å²) in [5, 5.41) is 0. The van der Waals surface area contributed by atoms with E-state index >= 15 is 0 Å². The molecule has 0 saturated carbocycles. The van der Waals surface area contributed by atoms with E-state index in [1.165, 1.54) is 6.42 Å². The van der Waals surface area contributed by atoms with Gasteiger partial charge in [-0.1, -0.05) is 0 Å². The van der Waals surface area contributed by atoms with Gasteiger partial charge in [0.1, 0.15) is 0 Å². The minimum absolute atomic E-state index is 0.115. The molecule has 0 aromatic rings. The summed E-state index contributed by atoms with van der Waals surface area (Å²) in [6.45, 7) is 0.857. The molecule has 0 aromatic heterocycles. The number of nitrogens with zero attached hydrogens (tertiary/aromatic N) is 1. The third-order valence-corrected chi connectivity index (χ3v) is 1.89. The van der Waals surface area contributed by atoms with Crippen LogP contribution in [0.2, 0.25) is 0 Å². The number of hydrogen-bond donors (Lipinski definition) is 0. The molecule has 1 heterocycles. The molecule has 11 heavy (non-hydrogen) atoms. The molecule has 1 fully saturated rings. The first kappa shape index (κ1) is 8.84. The van der Waals surface area contributed by atoms with Crippen LogP contribution in [-0.2, 0) is 0 Å². The Balaban J connectivity index is 2.46. The Labute approximate surface area is 64.2 Å². The summed E-state index contributed by atoms with van der Waals surface area (Å²) < 4.78 is 36.2. The predicted octanol–water partition coefficient (Wildman–Crippen LogP) is 1.70. The van der Waals surface area contributed by atoms with Crippen LogP contribution >= 0.6 is 0 Å². The van der Waals surface area contributed by atoms with Crippen LogP contribution in [0.1, 0.15) is 6.42 Å². The van der Waals surface area contributed by atoms with Gasteiger partial charge in [0, 0.05) is 6.54 Å². The van der Waals surface area contributed by atoms with Crippen molar-refractivity contribution in [3.63, 3.8) is 0 Å². The maximum absolute atomic E-state index is 12.1. The minimum Gasteiger partial charge on any atom is -0.306 e. The van der Waals surface area contributed by atoms with Crippen LogP contribution in [-0.4, -0.2) is 31.2 Å². The van der Waals surface area contributed by atoms with Crippen molar-refractivity contribution in [3.05, 3.63) is 6.42 Å². The summed E-state index contributed by atoms with van der Waals surface area (Å²) in [4.78, 5) is 1.71. The summed E-state index contributed by atoms with van der Waals surface area (Å²) in [6.07, 6.45) is -2.14. The number of hydrogen-bond acceptors (Lipinski definition) is 1. The lowest BCUT2D eigenvalue weighted by molar-refractivity contribution is -0.173. The van der Waals surface area contributed by atoms with Gasteiger partial charge >= 0.3 is 6.18 Å². The molecule has 0 bridgehead atoms. The third kappa shape index (κ3) is 2.36. The molecule has 1 atom stereocenters. The molecule has 0 aliphatic carbocycles. The Bertz CT molecular complexity index is 132. The zero-order chi connectivity index (χ0) is 8.48. The lowest BCUT2D eigenvalue weighted by atomic mass is 9.98. The SMILES string of the molecule is CN1CC[CH]C(C(F)(F)F)C1. The first-order valence-corrected chi connectivity index (χ1v) is 3.59. The zero-order valence-electron chi connectivity index (χ0n) is 6.36. The summed E-state index contributed by atoms with van der Waals surface area (Å²) in [5.74, 6) is -1.22. The second-order valence-electron chi connectivity index (χ2n) is 2.93. The Morgan fingerprint density at radius 2 is 2.09 bits per heavy atom. The average Bonchev–Trinajstić information content (AvgIpc) is 1.86. The van der Waals surface area contributed by atoms with E-state index in [0.29, 0.717) is 6.42 Å². The van der Waals surface area contributed by atoms with Gasteiger partial charge in [0.25, 0.3) is 0 Å². The monoisotopic (exact) mass is 166 g/mol. The zero-order valence-corrected chi connectivity index (χ0v) is 6.36. The van der Waals surface area contributed by atoms with Crippen molar-refractivity contribution in [2.45, 2.75) is 12.6 Å². The molecule has 65 valence electrons. The molecule has 4 heteroatoms. The smallest absolute Gasteiger partial charge is 0.306 e. The van der Waals surface area contributed by atoms with Crippen molar-refractivity contribution in [2.24, 2.45) is 5.92 Å². The molecular weight excluding hydrogens is 155 g/mol. The fourth-order valence-electron chi connectivity index (χ4n) is 1.23. The van der Waals surface area contributed by atoms with Gasteiger partial charge in [-0.2, -0.15) is 13.2 Å². The van der Waals surface area contributed by atoms with Crippen LogP contribution < -0.4 is 0 Å². The van der Waals surface area contributed by atoms with Gasteiger partial charge in [0.15, 0.2) is 0 Å². The van der Waals surface area contributed by atoms with Crippen LogP contribution in [0.15, 0.2) is 0 Å². The van der Waals surface area contributed by atoms with E-state index < -0.39 is 12.1 Å². The van der Waals surface area contributed by atoms with E-state index in [1.807, 2.05) is 0 Å². The Morgan fingerprint density at radius 3 is 2.45 bits per heavy atom. The highest BCUT2D eigenvalue weighted by Gasteiger charge is 2.41. The highest BCUT2D eigenvalue weighted by molar-refractivity contribution is 4.88. The van der Waals surface area contributed by atoms with Gasteiger partial charge < -0.3 is 4.90 Å². The van der Waals surface area contributed by atoms with Gasteiger partial charge in [-0.25, -0.2) is 0 Å². The Hall–Kier alpha value is -0.250. The number of rotatable bonds is 0. The highest BCUT2D eigenvalue weighted by Crippen LogP contribution is 2.31. The number of piperidine rings is 1. The molecular formula is C7H11F3N. The van der Waals surface area contributed by atoms with Gasteiger partial charge in [0.2, 0.25) is 0 Å². The maximum Gasteiger partial charge on any atom is 0.393 e.